The maximum Gasteiger partial charge on any atom is 0.350 e. The van der Waals surface area contributed by atoms with Crippen LogP contribution in [0.15, 0.2) is 47.4 Å². The minimum Gasteiger partial charge on any atom is -0.356 e. The summed E-state index contributed by atoms with van der Waals surface area (Å²) in [5.41, 5.74) is 0.851. The van der Waals surface area contributed by atoms with Gasteiger partial charge in [0.15, 0.2) is 5.65 Å². The Kier molecular flexibility index (Phi) is 6.81. The van der Waals surface area contributed by atoms with Crippen LogP contribution in [-0.2, 0) is 11.3 Å². The Balaban J connectivity index is 1.28. The topological polar surface area (TPSA) is 88.7 Å². The first kappa shape index (κ1) is 22.4. The van der Waals surface area contributed by atoms with Gasteiger partial charge in [-0.15, -0.1) is 5.10 Å². The molecular formula is C22H23Cl2N5O3. The SMILES string of the molecule is O=C(NCCCn1nc2ccccn2c1=O)C1CCCN(C(=O)c2ccc(Cl)c(Cl)c2)C1. The molecule has 8 nitrogen and oxygen atoms in total. The van der Waals surface area contributed by atoms with Crippen LogP contribution < -0.4 is 11.0 Å². The molecule has 0 aliphatic carbocycles. The summed E-state index contributed by atoms with van der Waals surface area (Å²) in [5.74, 6) is -0.514. The lowest BCUT2D eigenvalue weighted by Crippen LogP contribution is -2.45. The normalized spacial score (nSPS) is 16.3. The van der Waals surface area contributed by atoms with Gasteiger partial charge in [-0.05, 0) is 49.6 Å². The molecule has 1 aliphatic heterocycles. The highest BCUT2D eigenvalue weighted by molar-refractivity contribution is 6.42. The highest BCUT2D eigenvalue weighted by atomic mass is 35.5. The van der Waals surface area contributed by atoms with E-state index in [1.807, 2.05) is 6.07 Å². The number of hydrogen-bond acceptors (Lipinski definition) is 4. The Bertz CT molecular complexity index is 1210. The van der Waals surface area contributed by atoms with E-state index in [2.05, 4.69) is 10.4 Å². The molecule has 1 N–H and O–H groups in total. The van der Waals surface area contributed by atoms with E-state index in [-0.39, 0.29) is 23.4 Å². The quantitative estimate of drug-likeness (QED) is 0.555. The second-order valence-electron chi connectivity index (χ2n) is 7.80. The first-order chi connectivity index (χ1) is 15.4. The van der Waals surface area contributed by atoms with Crippen molar-refractivity contribution >= 4 is 40.7 Å². The average Bonchev–Trinajstić information content (AvgIpc) is 3.13. The fourth-order valence-corrected chi connectivity index (χ4v) is 4.18. The molecule has 0 radical (unpaired) electrons. The van der Waals surface area contributed by atoms with E-state index in [1.165, 1.54) is 9.08 Å². The Morgan fingerprint density at radius 1 is 1.16 bits per heavy atom. The number of rotatable bonds is 6. The number of aromatic nitrogens is 3. The van der Waals surface area contributed by atoms with Crippen molar-refractivity contribution in [2.24, 2.45) is 5.92 Å². The highest BCUT2D eigenvalue weighted by Gasteiger charge is 2.29. The van der Waals surface area contributed by atoms with Crippen LogP contribution in [0.1, 0.15) is 29.6 Å². The summed E-state index contributed by atoms with van der Waals surface area (Å²) in [6.07, 6.45) is 3.73. The summed E-state index contributed by atoms with van der Waals surface area (Å²) in [6.45, 7) is 1.79. The number of likely N-dealkylation sites (tertiary alicyclic amines) is 1. The smallest absolute Gasteiger partial charge is 0.350 e. The largest absolute Gasteiger partial charge is 0.356 e. The summed E-state index contributed by atoms with van der Waals surface area (Å²) in [6, 6.07) is 10.2. The molecule has 1 atom stereocenters. The van der Waals surface area contributed by atoms with Gasteiger partial charge in [0.05, 0.1) is 16.0 Å². The number of fused-ring (bicyclic) bond motifs is 1. The number of benzene rings is 1. The van der Waals surface area contributed by atoms with Crippen molar-refractivity contribution in [2.75, 3.05) is 19.6 Å². The monoisotopic (exact) mass is 475 g/mol. The summed E-state index contributed by atoms with van der Waals surface area (Å²) in [7, 11) is 0. The van der Waals surface area contributed by atoms with Crippen LogP contribution in [0.25, 0.3) is 5.65 Å². The minimum atomic E-state index is -0.270. The van der Waals surface area contributed by atoms with Crippen LogP contribution in [0.2, 0.25) is 10.0 Å². The van der Waals surface area contributed by atoms with E-state index < -0.39 is 0 Å². The third kappa shape index (κ3) is 4.81. The van der Waals surface area contributed by atoms with Crippen molar-refractivity contribution in [3.63, 3.8) is 0 Å². The predicted octanol–water partition coefficient (Wildman–Crippen LogP) is 2.86. The van der Waals surface area contributed by atoms with Gasteiger partial charge < -0.3 is 10.2 Å². The van der Waals surface area contributed by atoms with Gasteiger partial charge in [0.2, 0.25) is 5.91 Å². The van der Waals surface area contributed by atoms with E-state index in [9.17, 15) is 14.4 Å². The van der Waals surface area contributed by atoms with Gasteiger partial charge in [0.25, 0.3) is 5.91 Å². The highest BCUT2D eigenvalue weighted by Crippen LogP contribution is 2.25. The summed E-state index contributed by atoms with van der Waals surface area (Å²) in [5, 5.41) is 7.93. The van der Waals surface area contributed by atoms with E-state index in [0.717, 1.165) is 12.8 Å². The first-order valence-electron chi connectivity index (χ1n) is 10.5. The average molecular weight is 476 g/mol. The summed E-state index contributed by atoms with van der Waals surface area (Å²) < 4.78 is 2.89. The number of amides is 2. The van der Waals surface area contributed by atoms with Gasteiger partial charge >= 0.3 is 5.69 Å². The van der Waals surface area contributed by atoms with Gasteiger partial charge in [0, 0.05) is 37.9 Å². The second-order valence-corrected chi connectivity index (χ2v) is 8.61. The van der Waals surface area contributed by atoms with Crippen molar-refractivity contribution in [3.8, 4) is 0 Å². The van der Waals surface area contributed by atoms with E-state index >= 15 is 0 Å². The zero-order valence-corrected chi connectivity index (χ0v) is 18.8. The number of piperidine rings is 1. The number of nitrogens with zero attached hydrogens (tertiary/aromatic N) is 4. The van der Waals surface area contributed by atoms with Crippen LogP contribution >= 0.6 is 23.2 Å². The van der Waals surface area contributed by atoms with Crippen LogP contribution in [0.4, 0.5) is 0 Å². The van der Waals surface area contributed by atoms with Crippen molar-refractivity contribution in [1.82, 2.24) is 24.4 Å². The molecule has 1 unspecified atom stereocenters. The minimum absolute atomic E-state index is 0.0843. The molecule has 1 aromatic carbocycles. The molecule has 1 fully saturated rings. The van der Waals surface area contributed by atoms with Crippen LogP contribution in [0, 0.1) is 5.92 Å². The van der Waals surface area contributed by atoms with Gasteiger partial charge in [-0.25, -0.2) is 9.48 Å². The molecule has 3 heterocycles. The number of hydrogen-bond donors (Lipinski definition) is 1. The predicted molar refractivity (Wildman–Crippen MR) is 122 cm³/mol. The Hall–Kier alpha value is -2.84. The standard InChI is InChI=1S/C22H23Cl2N5O3/c23-17-8-7-15(13-18(17)24)21(31)27-10-3-5-16(14-27)20(30)25-9-4-12-29-22(32)28-11-2-1-6-19(28)26-29/h1-2,6-8,11,13,16H,3-5,9-10,12,14H2,(H,25,30). The Morgan fingerprint density at radius 3 is 2.78 bits per heavy atom. The molecule has 1 saturated heterocycles. The van der Waals surface area contributed by atoms with E-state index in [4.69, 9.17) is 23.2 Å². The van der Waals surface area contributed by atoms with Crippen molar-refractivity contribution in [3.05, 3.63) is 68.7 Å². The lowest BCUT2D eigenvalue weighted by Gasteiger charge is -2.32. The van der Waals surface area contributed by atoms with E-state index in [0.29, 0.717) is 53.9 Å². The molecule has 2 aromatic heterocycles. The number of nitrogens with one attached hydrogen (secondary N) is 1. The third-order valence-electron chi connectivity index (χ3n) is 5.58. The second kappa shape index (κ2) is 9.75. The molecular weight excluding hydrogens is 453 g/mol. The fourth-order valence-electron chi connectivity index (χ4n) is 3.89. The molecule has 0 saturated carbocycles. The first-order valence-corrected chi connectivity index (χ1v) is 11.3. The molecule has 0 bridgehead atoms. The fraction of sp³-hybridized carbons (Fsp3) is 0.364. The molecule has 32 heavy (non-hydrogen) atoms. The number of pyridine rings is 1. The van der Waals surface area contributed by atoms with Crippen molar-refractivity contribution < 1.29 is 9.59 Å². The lowest BCUT2D eigenvalue weighted by atomic mass is 9.96. The van der Waals surface area contributed by atoms with E-state index in [1.54, 1.807) is 41.4 Å². The molecule has 1 aliphatic rings. The van der Waals surface area contributed by atoms with Gasteiger partial charge in [-0.2, -0.15) is 0 Å². The molecule has 4 rings (SSSR count). The number of carbonyl (C=O) groups excluding carboxylic acids is 2. The molecule has 168 valence electrons. The molecule has 3 aromatic rings. The zero-order chi connectivity index (χ0) is 22.7. The van der Waals surface area contributed by atoms with Crippen LogP contribution in [0.3, 0.4) is 0 Å². The van der Waals surface area contributed by atoms with Crippen LogP contribution in [0.5, 0.6) is 0 Å². The Labute approximate surface area is 194 Å². The third-order valence-corrected chi connectivity index (χ3v) is 6.32. The number of carbonyl (C=O) groups is 2. The van der Waals surface area contributed by atoms with Gasteiger partial charge in [0.1, 0.15) is 0 Å². The van der Waals surface area contributed by atoms with Crippen molar-refractivity contribution in [2.45, 2.75) is 25.8 Å². The molecule has 0 spiro atoms. The molecule has 2 amide bonds. The maximum atomic E-state index is 12.8. The summed E-state index contributed by atoms with van der Waals surface area (Å²) >= 11 is 12.0. The number of halogens is 2. The zero-order valence-electron chi connectivity index (χ0n) is 17.3. The van der Waals surface area contributed by atoms with Crippen molar-refractivity contribution in [1.29, 1.82) is 0 Å². The Morgan fingerprint density at radius 2 is 2.00 bits per heavy atom. The number of aryl methyl sites for hydroxylation is 1. The van der Waals surface area contributed by atoms with Gasteiger partial charge in [-0.1, -0.05) is 29.3 Å². The van der Waals surface area contributed by atoms with Gasteiger partial charge in [-0.3, -0.25) is 14.0 Å². The lowest BCUT2D eigenvalue weighted by molar-refractivity contribution is -0.126. The molecule has 10 heteroatoms. The summed E-state index contributed by atoms with van der Waals surface area (Å²) in [4.78, 5) is 39.4. The van der Waals surface area contributed by atoms with Crippen LogP contribution in [-0.4, -0.2) is 50.5 Å². The maximum absolute atomic E-state index is 12.8.